The molecule has 0 spiro atoms. The number of carboxylic acids is 1. The van der Waals surface area contributed by atoms with Gasteiger partial charge in [0.1, 0.15) is 6.04 Å². The van der Waals surface area contributed by atoms with Crippen LogP contribution < -0.4 is 5.32 Å². The van der Waals surface area contributed by atoms with Crippen molar-refractivity contribution in [3.05, 3.63) is 70.8 Å². The maximum Gasteiger partial charge on any atom is 0.337 e. The molecule has 0 aromatic heterocycles. The van der Waals surface area contributed by atoms with Crippen molar-refractivity contribution >= 4 is 17.8 Å². The van der Waals surface area contributed by atoms with Crippen molar-refractivity contribution < 1.29 is 24.2 Å². The summed E-state index contributed by atoms with van der Waals surface area (Å²) in [5.41, 5.74) is 1.18. The van der Waals surface area contributed by atoms with Crippen molar-refractivity contribution in [3.63, 3.8) is 0 Å². The molecule has 0 bridgehead atoms. The van der Waals surface area contributed by atoms with Gasteiger partial charge in [0.2, 0.25) is 0 Å². The molecule has 2 N–H and O–H groups in total. The van der Waals surface area contributed by atoms with E-state index in [2.05, 4.69) is 10.1 Å². The van der Waals surface area contributed by atoms with Gasteiger partial charge in [0.25, 0.3) is 5.91 Å². The van der Waals surface area contributed by atoms with E-state index in [1.54, 1.807) is 24.3 Å². The zero-order valence-electron chi connectivity index (χ0n) is 13.9. The molecular weight excluding hydrogens is 336 g/mol. The fourth-order valence-corrected chi connectivity index (χ4v) is 2.37. The molecule has 2 aromatic carbocycles. The monoisotopic (exact) mass is 352 g/mol. The molecule has 2 aromatic rings. The van der Waals surface area contributed by atoms with E-state index in [9.17, 15) is 19.5 Å². The number of methoxy groups -OCH3 is 1. The van der Waals surface area contributed by atoms with E-state index in [1.807, 2.05) is 6.07 Å². The number of hydrogen-bond donors (Lipinski definition) is 2. The molecule has 0 heterocycles. The molecule has 132 valence electrons. The van der Waals surface area contributed by atoms with Gasteiger partial charge in [0.15, 0.2) is 0 Å². The number of esters is 1. The van der Waals surface area contributed by atoms with Crippen molar-refractivity contribution in [3.8, 4) is 6.07 Å². The number of aliphatic carboxylic acids is 1. The van der Waals surface area contributed by atoms with E-state index in [1.165, 1.54) is 31.4 Å². The molecule has 0 radical (unpaired) electrons. The van der Waals surface area contributed by atoms with Crippen LogP contribution in [-0.2, 0) is 16.0 Å². The average molecular weight is 352 g/mol. The van der Waals surface area contributed by atoms with Crippen LogP contribution in [0.1, 0.15) is 31.8 Å². The lowest BCUT2D eigenvalue weighted by atomic mass is 10.0. The summed E-state index contributed by atoms with van der Waals surface area (Å²) < 4.78 is 4.60. The van der Waals surface area contributed by atoms with Crippen molar-refractivity contribution in [1.29, 1.82) is 5.26 Å². The van der Waals surface area contributed by atoms with E-state index in [0.717, 1.165) is 0 Å². The van der Waals surface area contributed by atoms with Crippen molar-refractivity contribution in [2.24, 2.45) is 0 Å². The van der Waals surface area contributed by atoms with Crippen LogP contribution in [0.25, 0.3) is 0 Å². The predicted molar refractivity (Wildman–Crippen MR) is 91.5 cm³/mol. The molecule has 26 heavy (non-hydrogen) atoms. The summed E-state index contributed by atoms with van der Waals surface area (Å²) in [5.74, 6) is -2.47. The Morgan fingerprint density at radius 2 is 1.85 bits per heavy atom. The third-order valence-electron chi connectivity index (χ3n) is 3.71. The summed E-state index contributed by atoms with van der Waals surface area (Å²) in [7, 11) is 1.22. The Kier molecular flexibility index (Phi) is 6.06. The van der Waals surface area contributed by atoms with Crippen LogP contribution in [0.5, 0.6) is 0 Å². The number of nitrogens with zero attached hydrogens (tertiary/aromatic N) is 1. The molecule has 0 fully saturated rings. The van der Waals surface area contributed by atoms with Crippen LogP contribution in [0.4, 0.5) is 0 Å². The van der Waals surface area contributed by atoms with Crippen LogP contribution in [0.3, 0.4) is 0 Å². The summed E-state index contributed by atoms with van der Waals surface area (Å²) in [5, 5.41) is 20.9. The minimum Gasteiger partial charge on any atom is -0.480 e. The first-order valence-electron chi connectivity index (χ1n) is 7.66. The molecule has 0 aliphatic carbocycles. The molecule has 1 amide bonds. The van der Waals surface area contributed by atoms with E-state index in [0.29, 0.717) is 11.1 Å². The summed E-state index contributed by atoms with van der Waals surface area (Å²) in [4.78, 5) is 35.4. The highest BCUT2D eigenvalue weighted by Gasteiger charge is 2.22. The molecule has 0 unspecified atom stereocenters. The zero-order chi connectivity index (χ0) is 19.1. The van der Waals surface area contributed by atoms with Gasteiger partial charge in [-0.1, -0.05) is 24.3 Å². The Balaban J connectivity index is 2.20. The van der Waals surface area contributed by atoms with Gasteiger partial charge in [-0.15, -0.1) is 0 Å². The van der Waals surface area contributed by atoms with Gasteiger partial charge in [-0.05, 0) is 29.8 Å². The van der Waals surface area contributed by atoms with Crippen LogP contribution in [0.2, 0.25) is 0 Å². The fourth-order valence-electron chi connectivity index (χ4n) is 2.37. The number of carbonyl (C=O) groups is 3. The number of amides is 1. The topological polar surface area (TPSA) is 116 Å². The molecule has 0 saturated carbocycles. The molecule has 7 heteroatoms. The average Bonchev–Trinajstić information content (AvgIpc) is 2.67. The highest BCUT2D eigenvalue weighted by Crippen LogP contribution is 2.12. The Morgan fingerprint density at radius 3 is 2.50 bits per heavy atom. The van der Waals surface area contributed by atoms with Gasteiger partial charge < -0.3 is 15.2 Å². The highest BCUT2D eigenvalue weighted by molar-refractivity contribution is 5.99. The van der Waals surface area contributed by atoms with E-state index in [4.69, 9.17) is 5.26 Å². The van der Waals surface area contributed by atoms with E-state index in [-0.39, 0.29) is 17.5 Å². The van der Waals surface area contributed by atoms with Gasteiger partial charge in [-0.25, -0.2) is 9.59 Å². The number of nitriles is 1. The normalized spacial score (nSPS) is 11.1. The first kappa shape index (κ1) is 18.7. The maximum atomic E-state index is 12.4. The third-order valence-corrected chi connectivity index (χ3v) is 3.71. The first-order valence-corrected chi connectivity index (χ1v) is 7.66. The molecule has 0 saturated heterocycles. The second-order valence-electron chi connectivity index (χ2n) is 5.41. The van der Waals surface area contributed by atoms with Crippen LogP contribution in [0, 0.1) is 11.3 Å². The number of rotatable bonds is 6. The summed E-state index contributed by atoms with van der Waals surface area (Å²) in [6.07, 6.45) is -0.0402. The minimum atomic E-state index is -1.23. The highest BCUT2D eigenvalue weighted by atomic mass is 16.5. The first-order chi connectivity index (χ1) is 12.5. The van der Waals surface area contributed by atoms with Gasteiger partial charge in [-0.2, -0.15) is 5.26 Å². The second-order valence-corrected chi connectivity index (χ2v) is 5.41. The van der Waals surface area contributed by atoms with Crippen LogP contribution >= 0.6 is 0 Å². The zero-order valence-corrected chi connectivity index (χ0v) is 13.9. The largest absolute Gasteiger partial charge is 0.480 e. The minimum absolute atomic E-state index is 0.0402. The number of nitrogens with one attached hydrogen (secondary N) is 1. The quantitative estimate of drug-likeness (QED) is 0.765. The van der Waals surface area contributed by atoms with Gasteiger partial charge in [0.05, 0.1) is 24.3 Å². The van der Waals surface area contributed by atoms with E-state index >= 15 is 0 Å². The lowest BCUT2D eigenvalue weighted by Gasteiger charge is -2.15. The van der Waals surface area contributed by atoms with Crippen LogP contribution in [-0.4, -0.2) is 36.1 Å². The molecule has 7 nitrogen and oxygen atoms in total. The molecular formula is C19H16N2O5. The lowest BCUT2D eigenvalue weighted by molar-refractivity contribution is -0.139. The summed E-state index contributed by atoms with van der Waals surface area (Å²) >= 11 is 0. The number of carboxylic acid groups (broad SMARTS) is 1. The summed E-state index contributed by atoms with van der Waals surface area (Å²) in [6, 6.07) is 13.1. The van der Waals surface area contributed by atoms with Crippen LogP contribution in [0.15, 0.2) is 48.5 Å². The standard InChI is InChI=1S/C19H16N2O5/c1-26-19(25)14-8-4-7-13(9-14)17(22)21-16(18(23)24)10-12-5-2-3-6-15(12)11-20/h2-9,16H,10H2,1H3,(H,21,22)(H,23,24)/t16-/m1/s1. The lowest BCUT2D eigenvalue weighted by Crippen LogP contribution is -2.42. The number of carbonyl (C=O) groups excluding carboxylic acids is 2. The Hall–Kier alpha value is -3.66. The number of hydrogen-bond acceptors (Lipinski definition) is 5. The predicted octanol–water partition coefficient (Wildman–Crippen LogP) is 1.77. The smallest absolute Gasteiger partial charge is 0.337 e. The summed E-state index contributed by atoms with van der Waals surface area (Å²) in [6.45, 7) is 0. The maximum absolute atomic E-state index is 12.4. The number of ether oxygens (including phenoxy) is 1. The molecule has 0 aliphatic heterocycles. The Labute approximate surface area is 149 Å². The second kappa shape index (κ2) is 8.44. The molecule has 1 atom stereocenters. The molecule has 2 rings (SSSR count). The van der Waals surface area contributed by atoms with Gasteiger partial charge in [0, 0.05) is 12.0 Å². The van der Waals surface area contributed by atoms with Gasteiger partial charge >= 0.3 is 11.9 Å². The number of benzene rings is 2. The van der Waals surface area contributed by atoms with Crippen molar-refractivity contribution in [2.75, 3.05) is 7.11 Å². The Morgan fingerprint density at radius 1 is 1.15 bits per heavy atom. The third kappa shape index (κ3) is 4.45. The molecule has 0 aliphatic rings. The van der Waals surface area contributed by atoms with Crippen molar-refractivity contribution in [1.82, 2.24) is 5.32 Å². The van der Waals surface area contributed by atoms with E-state index < -0.39 is 23.9 Å². The van der Waals surface area contributed by atoms with Gasteiger partial charge in [-0.3, -0.25) is 4.79 Å². The fraction of sp³-hybridized carbons (Fsp3) is 0.158. The van der Waals surface area contributed by atoms with Crippen molar-refractivity contribution in [2.45, 2.75) is 12.5 Å². The Bertz CT molecular complexity index is 885. The SMILES string of the molecule is COC(=O)c1cccc(C(=O)N[C@H](Cc2ccccc2C#N)C(=O)O)c1.